The van der Waals surface area contributed by atoms with Gasteiger partial charge in [-0.1, -0.05) is 0 Å². The van der Waals surface area contributed by atoms with Crippen molar-refractivity contribution in [3.05, 3.63) is 29.8 Å². The van der Waals surface area contributed by atoms with Crippen LogP contribution in [0.1, 0.15) is 6.42 Å². The summed E-state index contributed by atoms with van der Waals surface area (Å²) in [4.78, 5) is 22.7. The zero-order chi connectivity index (χ0) is 17.2. The van der Waals surface area contributed by atoms with Crippen molar-refractivity contribution in [1.29, 1.82) is 0 Å². The third kappa shape index (κ3) is 3.64. The monoisotopic (exact) mass is 348 g/mol. The molecule has 1 aromatic rings. The zero-order valence-electron chi connectivity index (χ0n) is 12.1. The zero-order valence-corrected chi connectivity index (χ0v) is 12.9. The highest BCUT2D eigenvalue weighted by molar-refractivity contribution is 7.89. The number of sulfonamides is 1. The van der Waals surface area contributed by atoms with Gasteiger partial charge in [-0.25, -0.2) is 17.2 Å². The summed E-state index contributed by atoms with van der Waals surface area (Å²) < 4.78 is 56.9. The molecule has 1 aliphatic heterocycles. The van der Waals surface area contributed by atoms with Crippen LogP contribution in [0.25, 0.3) is 0 Å². The number of halogens is 2. The van der Waals surface area contributed by atoms with Crippen LogP contribution in [0.4, 0.5) is 8.78 Å². The first-order valence-electron chi connectivity index (χ1n) is 6.58. The third-order valence-electron chi connectivity index (χ3n) is 3.31. The molecule has 10 heteroatoms. The van der Waals surface area contributed by atoms with Gasteiger partial charge in [0.15, 0.2) is 0 Å². The van der Waals surface area contributed by atoms with E-state index in [0.29, 0.717) is 18.2 Å². The lowest BCUT2D eigenvalue weighted by Gasteiger charge is -2.33. The van der Waals surface area contributed by atoms with Crippen LogP contribution in [0, 0.1) is 11.6 Å². The number of piperazine rings is 1. The molecule has 126 valence electrons. The molecular weight excluding hydrogens is 334 g/mol. The van der Waals surface area contributed by atoms with Crippen molar-refractivity contribution in [3.63, 3.8) is 0 Å². The van der Waals surface area contributed by atoms with E-state index in [0.717, 1.165) is 11.4 Å². The fourth-order valence-electron chi connectivity index (χ4n) is 2.23. The summed E-state index contributed by atoms with van der Waals surface area (Å²) in [6.45, 7) is -0.110. The highest BCUT2D eigenvalue weighted by atomic mass is 32.2. The number of hydrogen-bond acceptors (Lipinski definition) is 5. The highest BCUT2D eigenvalue weighted by Gasteiger charge is 2.40. The molecule has 0 aliphatic carbocycles. The lowest BCUT2D eigenvalue weighted by atomic mass is 10.1. The van der Waals surface area contributed by atoms with E-state index in [2.05, 4.69) is 10.1 Å². The maximum atomic E-state index is 13.3. The summed E-state index contributed by atoms with van der Waals surface area (Å²) in [5.74, 6) is -3.58. The maximum absolute atomic E-state index is 13.3. The Kier molecular flexibility index (Phi) is 4.95. The standard InChI is InChI=1S/C13H14F2N2O5S/c1-22-12(18)7-11-13(19)16-2-3-17(11)23(20,21)10-5-8(14)4-9(15)6-10/h4-6,11H,2-3,7H2,1H3,(H,16,19)/t11-/m1/s1. The van der Waals surface area contributed by atoms with Crippen molar-refractivity contribution in [2.45, 2.75) is 17.4 Å². The molecule has 0 aromatic heterocycles. The molecule has 2 rings (SSSR count). The minimum Gasteiger partial charge on any atom is -0.469 e. The molecule has 1 atom stereocenters. The largest absolute Gasteiger partial charge is 0.469 e. The Hall–Kier alpha value is -2.07. The molecule has 0 saturated carbocycles. The summed E-state index contributed by atoms with van der Waals surface area (Å²) in [6, 6.07) is 0.501. The van der Waals surface area contributed by atoms with Crippen LogP contribution in [0.2, 0.25) is 0 Å². The molecule has 1 N–H and O–H groups in total. The normalized spacial score (nSPS) is 19.3. The number of nitrogens with one attached hydrogen (secondary N) is 1. The first-order chi connectivity index (χ1) is 10.8. The van der Waals surface area contributed by atoms with Gasteiger partial charge >= 0.3 is 5.97 Å². The van der Waals surface area contributed by atoms with Gasteiger partial charge in [0.05, 0.1) is 18.4 Å². The molecule has 0 radical (unpaired) electrons. The Labute approximate surface area is 131 Å². The summed E-state index contributed by atoms with van der Waals surface area (Å²) in [6.07, 6.45) is -0.501. The Morgan fingerprint density at radius 1 is 1.35 bits per heavy atom. The van der Waals surface area contributed by atoms with Crippen LogP contribution in [0.5, 0.6) is 0 Å². The van der Waals surface area contributed by atoms with Gasteiger partial charge in [-0.2, -0.15) is 4.31 Å². The first kappa shape index (κ1) is 17.3. The first-order valence-corrected chi connectivity index (χ1v) is 8.02. The number of methoxy groups -OCH3 is 1. The lowest BCUT2D eigenvalue weighted by molar-refractivity contribution is -0.144. The predicted octanol–water partition coefficient (Wildman–Crippen LogP) is 0.0170. The average Bonchev–Trinajstić information content (AvgIpc) is 2.48. The number of esters is 1. The lowest BCUT2D eigenvalue weighted by Crippen LogP contribution is -2.57. The van der Waals surface area contributed by atoms with E-state index in [9.17, 15) is 26.8 Å². The summed E-state index contributed by atoms with van der Waals surface area (Å²) in [5.41, 5.74) is 0. The number of ether oxygens (including phenoxy) is 1. The molecule has 0 spiro atoms. The topological polar surface area (TPSA) is 92.8 Å². The molecule has 0 unspecified atom stereocenters. The highest BCUT2D eigenvalue weighted by Crippen LogP contribution is 2.23. The molecule has 23 heavy (non-hydrogen) atoms. The fourth-order valence-corrected chi connectivity index (χ4v) is 3.86. The SMILES string of the molecule is COC(=O)C[C@@H]1C(=O)NCCN1S(=O)(=O)c1cc(F)cc(F)c1. The van der Waals surface area contributed by atoms with E-state index >= 15 is 0 Å². The van der Waals surface area contributed by atoms with E-state index in [-0.39, 0.29) is 13.1 Å². The number of amides is 1. The Balaban J connectivity index is 2.42. The average molecular weight is 348 g/mol. The van der Waals surface area contributed by atoms with Crippen LogP contribution < -0.4 is 5.32 Å². The summed E-state index contributed by atoms with van der Waals surface area (Å²) >= 11 is 0. The summed E-state index contributed by atoms with van der Waals surface area (Å²) in [7, 11) is -3.26. The van der Waals surface area contributed by atoms with Crippen molar-refractivity contribution in [2.24, 2.45) is 0 Å². The number of nitrogens with zero attached hydrogens (tertiary/aromatic N) is 1. The van der Waals surface area contributed by atoms with E-state index in [1.54, 1.807) is 0 Å². The van der Waals surface area contributed by atoms with Gasteiger partial charge in [0.1, 0.15) is 17.7 Å². The second kappa shape index (κ2) is 6.59. The second-order valence-electron chi connectivity index (χ2n) is 4.81. The van der Waals surface area contributed by atoms with Gasteiger partial charge in [-0.15, -0.1) is 0 Å². The summed E-state index contributed by atoms with van der Waals surface area (Å²) in [5, 5.41) is 2.44. The number of rotatable bonds is 4. The fraction of sp³-hybridized carbons (Fsp3) is 0.385. The molecular formula is C13H14F2N2O5S. The molecule has 1 saturated heterocycles. The van der Waals surface area contributed by atoms with E-state index in [1.165, 1.54) is 0 Å². The van der Waals surface area contributed by atoms with Crippen LogP contribution >= 0.6 is 0 Å². The van der Waals surface area contributed by atoms with Crippen molar-refractivity contribution in [1.82, 2.24) is 9.62 Å². The van der Waals surface area contributed by atoms with Crippen molar-refractivity contribution < 1.29 is 31.5 Å². The van der Waals surface area contributed by atoms with Gasteiger partial charge < -0.3 is 10.1 Å². The van der Waals surface area contributed by atoms with Gasteiger partial charge in [-0.3, -0.25) is 9.59 Å². The van der Waals surface area contributed by atoms with Gasteiger partial charge in [0, 0.05) is 19.2 Å². The van der Waals surface area contributed by atoms with Gasteiger partial charge in [0.2, 0.25) is 15.9 Å². The third-order valence-corrected chi connectivity index (χ3v) is 5.20. The second-order valence-corrected chi connectivity index (χ2v) is 6.70. The Morgan fingerprint density at radius 3 is 2.52 bits per heavy atom. The minimum absolute atomic E-state index is 0.0214. The molecule has 1 aromatic carbocycles. The van der Waals surface area contributed by atoms with Gasteiger partial charge in [-0.05, 0) is 12.1 Å². The Morgan fingerprint density at radius 2 is 1.96 bits per heavy atom. The van der Waals surface area contributed by atoms with Crippen molar-refractivity contribution >= 4 is 21.9 Å². The molecule has 0 bridgehead atoms. The van der Waals surface area contributed by atoms with E-state index in [4.69, 9.17) is 0 Å². The molecule has 1 amide bonds. The number of hydrogen-bond donors (Lipinski definition) is 1. The van der Waals surface area contributed by atoms with Crippen LogP contribution in [-0.4, -0.2) is 50.8 Å². The number of carbonyl (C=O) groups is 2. The quantitative estimate of drug-likeness (QED) is 0.774. The number of carbonyl (C=O) groups excluding carboxylic acids is 2. The van der Waals surface area contributed by atoms with E-state index < -0.39 is 50.9 Å². The predicted molar refractivity (Wildman–Crippen MR) is 73.7 cm³/mol. The smallest absolute Gasteiger partial charge is 0.307 e. The van der Waals surface area contributed by atoms with Crippen molar-refractivity contribution in [3.8, 4) is 0 Å². The maximum Gasteiger partial charge on any atom is 0.307 e. The van der Waals surface area contributed by atoms with Crippen LogP contribution in [0.3, 0.4) is 0 Å². The Bertz CT molecular complexity index is 718. The molecule has 1 fully saturated rings. The molecule has 1 aliphatic rings. The van der Waals surface area contributed by atoms with E-state index in [1.807, 2.05) is 0 Å². The van der Waals surface area contributed by atoms with Gasteiger partial charge in [0.25, 0.3) is 0 Å². The van der Waals surface area contributed by atoms with Crippen molar-refractivity contribution in [2.75, 3.05) is 20.2 Å². The minimum atomic E-state index is -4.36. The van der Waals surface area contributed by atoms with Crippen LogP contribution in [0.15, 0.2) is 23.1 Å². The van der Waals surface area contributed by atoms with Crippen LogP contribution in [-0.2, 0) is 24.3 Å². The number of benzene rings is 1. The molecule has 1 heterocycles. The molecule has 7 nitrogen and oxygen atoms in total.